The second-order valence-electron chi connectivity index (χ2n) is 5.92. The van der Waals surface area contributed by atoms with Crippen LogP contribution in [0.3, 0.4) is 0 Å². The molecule has 0 aromatic heterocycles. The van der Waals surface area contributed by atoms with Gasteiger partial charge in [-0.05, 0) is 49.6 Å². The molecular weight excluding hydrogens is 340 g/mol. The lowest BCUT2D eigenvalue weighted by Crippen LogP contribution is -2.51. The summed E-state index contributed by atoms with van der Waals surface area (Å²) in [6, 6.07) is 6.55. The molecule has 3 rings (SSSR count). The van der Waals surface area contributed by atoms with Crippen LogP contribution in [0.25, 0.3) is 0 Å². The molecule has 2 fully saturated rings. The number of nitrogens with one attached hydrogen (secondary N) is 1. The predicted molar refractivity (Wildman–Crippen MR) is 95.3 cm³/mol. The molecule has 1 amide bonds. The lowest BCUT2D eigenvalue weighted by molar-refractivity contribution is -0.130. The lowest BCUT2D eigenvalue weighted by Gasteiger charge is -2.36. The standard InChI is InChI=1S/C16H22FN3O.2ClH/c17-14-3-5-15(6-4-14)19-7-9-20(10-8-19)16(21)12-18-11-13-1-2-13;;/h3-6,13,18H,1-2,7-12H2;2*1H. The van der Waals surface area contributed by atoms with Crippen molar-refractivity contribution in [2.75, 3.05) is 44.2 Å². The maximum absolute atomic E-state index is 12.9. The van der Waals surface area contributed by atoms with E-state index in [2.05, 4.69) is 10.2 Å². The number of anilines is 1. The summed E-state index contributed by atoms with van der Waals surface area (Å²) in [5, 5.41) is 3.25. The Morgan fingerprint density at radius 3 is 2.26 bits per heavy atom. The monoisotopic (exact) mass is 363 g/mol. The van der Waals surface area contributed by atoms with Crippen LogP contribution < -0.4 is 10.2 Å². The Balaban J connectivity index is 0.00000132. The van der Waals surface area contributed by atoms with E-state index in [1.54, 1.807) is 12.1 Å². The molecule has 1 N–H and O–H groups in total. The molecule has 0 atom stereocenters. The number of piperazine rings is 1. The second-order valence-corrected chi connectivity index (χ2v) is 5.92. The first kappa shape index (κ1) is 20.0. The van der Waals surface area contributed by atoms with Gasteiger partial charge in [0.25, 0.3) is 0 Å². The molecule has 2 aliphatic rings. The third kappa shape index (κ3) is 5.83. The van der Waals surface area contributed by atoms with Crippen molar-refractivity contribution >= 4 is 36.4 Å². The van der Waals surface area contributed by atoms with Gasteiger partial charge < -0.3 is 15.1 Å². The number of halogens is 3. The van der Waals surface area contributed by atoms with Gasteiger partial charge in [-0.3, -0.25) is 4.79 Å². The summed E-state index contributed by atoms with van der Waals surface area (Å²) in [5.41, 5.74) is 1.02. The minimum Gasteiger partial charge on any atom is -0.368 e. The van der Waals surface area contributed by atoms with Crippen LogP contribution in [-0.2, 0) is 4.79 Å². The SMILES string of the molecule is Cl.Cl.O=C(CNCC1CC1)N1CCN(c2ccc(F)cc2)CC1. The smallest absolute Gasteiger partial charge is 0.236 e. The van der Waals surface area contributed by atoms with Crippen molar-refractivity contribution in [1.29, 1.82) is 0 Å². The van der Waals surface area contributed by atoms with Crippen molar-refractivity contribution in [2.24, 2.45) is 5.92 Å². The van der Waals surface area contributed by atoms with Gasteiger partial charge in [0.15, 0.2) is 0 Å². The highest BCUT2D eigenvalue weighted by atomic mass is 35.5. The normalized spacial score (nSPS) is 17.3. The van der Waals surface area contributed by atoms with E-state index in [1.165, 1.54) is 25.0 Å². The molecule has 0 bridgehead atoms. The fourth-order valence-electron chi connectivity index (χ4n) is 2.68. The van der Waals surface area contributed by atoms with Gasteiger partial charge in [0.05, 0.1) is 6.54 Å². The van der Waals surface area contributed by atoms with Crippen molar-refractivity contribution < 1.29 is 9.18 Å². The summed E-state index contributed by atoms with van der Waals surface area (Å²) < 4.78 is 12.9. The summed E-state index contributed by atoms with van der Waals surface area (Å²) in [6.45, 7) is 4.51. The van der Waals surface area contributed by atoms with Crippen LogP contribution in [0.5, 0.6) is 0 Å². The van der Waals surface area contributed by atoms with E-state index in [0.29, 0.717) is 6.54 Å². The number of hydrogen-bond acceptors (Lipinski definition) is 3. The molecule has 1 aliphatic carbocycles. The Labute approximate surface area is 149 Å². The van der Waals surface area contributed by atoms with Crippen LogP contribution in [0, 0.1) is 11.7 Å². The zero-order chi connectivity index (χ0) is 14.7. The molecule has 1 aromatic carbocycles. The van der Waals surface area contributed by atoms with E-state index in [0.717, 1.165) is 44.3 Å². The lowest BCUT2D eigenvalue weighted by atomic mass is 10.2. The second kappa shape index (κ2) is 9.30. The average Bonchev–Trinajstić information content (AvgIpc) is 3.32. The van der Waals surface area contributed by atoms with Gasteiger partial charge in [0, 0.05) is 31.9 Å². The maximum atomic E-state index is 12.9. The third-order valence-electron chi connectivity index (χ3n) is 4.23. The van der Waals surface area contributed by atoms with Crippen molar-refractivity contribution in [2.45, 2.75) is 12.8 Å². The number of carbonyl (C=O) groups excluding carboxylic acids is 1. The fraction of sp³-hybridized carbons (Fsp3) is 0.562. The van der Waals surface area contributed by atoms with Gasteiger partial charge in [-0.2, -0.15) is 0 Å². The Hall–Kier alpha value is -1.04. The van der Waals surface area contributed by atoms with Crippen LogP contribution in [0.15, 0.2) is 24.3 Å². The van der Waals surface area contributed by atoms with Crippen LogP contribution in [-0.4, -0.2) is 50.1 Å². The molecule has 1 saturated carbocycles. The minimum absolute atomic E-state index is 0. The molecule has 1 aliphatic heterocycles. The maximum Gasteiger partial charge on any atom is 0.236 e. The molecule has 0 unspecified atom stereocenters. The largest absolute Gasteiger partial charge is 0.368 e. The van der Waals surface area contributed by atoms with Crippen LogP contribution in [0.2, 0.25) is 0 Å². The minimum atomic E-state index is -0.214. The topological polar surface area (TPSA) is 35.6 Å². The van der Waals surface area contributed by atoms with E-state index < -0.39 is 0 Å². The number of nitrogens with zero attached hydrogens (tertiary/aromatic N) is 2. The summed E-state index contributed by atoms with van der Waals surface area (Å²) in [6.07, 6.45) is 2.61. The highest BCUT2D eigenvalue weighted by Crippen LogP contribution is 2.27. The highest BCUT2D eigenvalue weighted by Gasteiger charge is 2.23. The molecule has 0 radical (unpaired) electrons. The van der Waals surface area contributed by atoms with Gasteiger partial charge in [-0.15, -0.1) is 24.8 Å². The first-order valence-electron chi connectivity index (χ1n) is 7.71. The Morgan fingerprint density at radius 2 is 1.70 bits per heavy atom. The Bertz CT molecular complexity index is 489. The van der Waals surface area contributed by atoms with Gasteiger partial charge in [0.2, 0.25) is 5.91 Å². The van der Waals surface area contributed by atoms with E-state index in [-0.39, 0.29) is 36.5 Å². The van der Waals surface area contributed by atoms with Gasteiger partial charge >= 0.3 is 0 Å². The van der Waals surface area contributed by atoms with Crippen LogP contribution >= 0.6 is 24.8 Å². The number of rotatable bonds is 5. The van der Waals surface area contributed by atoms with E-state index in [9.17, 15) is 9.18 Å². The number of hydrogen-bond donors (Lipinski definition) is 1. The molecule has 0 spiro atoms. The highest BCUT2D eigenvalue weighted by molar-refractivity contribution is 5.85. The average molecular weight is 364 g/mol. The summed E-state index contributed by atoms with van der Waals surface area (Å²) in [7, 11) is 0. The number of amides is 1. The Kier molecular flexibility index (Phi) is 8.09. The summed E-state index contributed by atoms with van der Waals surface area (Å²) in [5.74, 6) is 0.775. The van der Waals surface area contributed by atoms with Crippen LogP contribution in [0.4, 0.5) is 10.1 Å². The fourth-order valence-corrected chi connectivity index (χ4v) is 2.68. The molecule has 4 nitrogen and oxygen atoms in total. The molecular formula is C16H24Cl2FN3O. The number of carbonyl (C=O) groups is 1. The summed E-state index contributed by atoms with van der Waals surface area (Å²) >= 11 is 0. The van der Waals surface area contributed by atoms with Crippen LogP contribution in [0.1, 0.15) is 12.8 Å². The molecule has 1 saturated heterocycles. The van der Waals surface area contributed by atoms with Gasteiger partial charge in [-0.1, -0.05) is 0 Å². The predicted octanol–water partition coefficient (Wildman–Crippen LogP) is 2.32. The van der Waals surface area contributed by atoms with Gasteiger partial charge in [-0.25, -0.2) is 4.39 Å². The van der Waals surface area contributed by atoms with Crippen molar-refractivity contribution in [3.63, 3.8) is 0 Å². The summed E-state index contributed by atoms with van der Waals surface area (Å²) in [4.78, 5) is 16.2. The Morgan fingerprint density at radius 1 is 1.09 bits per heavy atom. The van der Waals surface area contributed by atoms with Crippen molar-refractivity contribution in [3.8, 4) is 0 Å². The molecule has 1 heterocycles. The molecule has 1 aromatic rings. The van der Waals surface area contributed by atoms with Crippen molar-refractivity contribution in [3.05, 3.63) is 30.1 Å². The van der Waals surface area contributed by atoms with E-state index in [1.807, 2.05) is 4.90 Å². The van der Waals surface area contributed by atoms with Crippen molar-refractivity contribution in [1.82, 2.24) is 10.2 Å². The first-order chi connectivity index (χ1) is 10.2. The first-order valence-corrected chi connectivity index (χ1v) is 7.71. The van der Waals surface area contributed by atoms with Gasteiger partial charge in [0.1, 0.15) is 5.82 Å². The number of benzene rings is 1. The molecule has 23 heavy (non-hydrogen) atoms. The zero-order valence-electron chi connectivity index (χ0n) is 13.0. The quantitative estimate of drug-likeness (QED) is 0.871. The third-order valence-corrected chi connectivity index (χ3v) is 4.23. The zero-order valence-corrected chi connectivity index (χ0v) is 14.7. The van der Waals surface area contributed by atoms with E-state index >= 15 is 0 Å². The molecule has 130 valence electrons. The van der Waals surface area contributed by atoms with E-state index in [4.69, 9.17) is 0 Å². The molecule has 7 heteroatoms.